The lowest BCUT2D eigenvalue weighted by Crippen LogP contribution is -1.69. The molecule has 0 fully saturated rings. The van der Waals surface area contributed by atoms with Gasteiger partial charge in [-0.1, -0.05) is 12.4 Å². The van der Waals surface area contributed by atoms with Gasteiger partial charge in [0.1, 0.15) is 0 Å². The van der Waals surface area contributed by atoms with E-state index in [4.69, 9.17) is 0 Å². The molecule has 30 valence electrons. The van der Waals surface area contributed by atoms with Gasteiger partial charge in [0.25, 0.3) is 0 Å². The van der Waals surface area contributed by atoms with E-state index >= 15 is 0 Å². The Balaban J connectivity index is 2.62. The van der Waals surface area contributed by atoms with Crippen LogP contribution >= 0.6 is 9.24 Å². The molecule has 0 aromatic rings. The fourth-order valence-electron chi connectivity index (χ4n) is 0.0589. The van der Waals surface area contributed by atoms with Crippen molar-refractivity contribution in [3.05, 3.63) is 7.11 Å². The molecule has 0 saturated carbocycles. The molecule has 0 radical (unpaired) electrons. The van der Waals surface area contributed by atoms with Crippen LogP contribution < -0.4 is 0 Å². The second-order valence-corrected chi connectivity index (χ2v) is 0.901. The molecule has 0 aromatic heterocycles. The van der Waals surface area contributed by atoms with Gasteiger partial charge in [-0.05, 0) is 7.11 Å². The molecule has 0 aliphatic heterocycles. The summed E-state index contributed by atoms with van der Waals surface area (Å²) in [5, 5.41) is 0. The quantitative estimate of drug-likeness (QED) is 0.248. The Morgan fingerprint density at radius 1 is 2.00 bits per heavy atom. The topological polar surface area (TPSA) is 11.3 Å². The highest BCUT2D eigenvalue weighted by atomic mass is 31.0. The smallest absolute Gasteiger partial charge is 0.0423 e. The summed E-state index contributed by atoms with van der Waals surface area (Å²) in [7, 11) is 5.47. The van der Waals surface area contributed by atoms with Crippen LogP contribution in [0.2, 0.25) is 0 Å². The molecule has 0 N–H and O–H groups in total. The van der Waals surface area contributed by atoms with Crippen LogP contribution in [-0.2, 0) is 4.42 Å². The fourth-order valence-corrected chi connectivity index (χ4v) is 0.177. The van der Waals surface area contributed by atoms with Gasteiger partial charge in [0.05, 0.1) is 0 Å². The van der Waals surface area contributed by atoms with Gasteiger partial charge in [-0.25, -0.2) is 0 Å². The molecule has 0 saturated heterocycles. The molecule has 0 spiro atoms. The predicted octanol–water partition coefficient (Wildman–Crippen LogP) is 0.298. The monoisotopic (exact) mass is 89.0 g/mol. The van der Waals surface area contributed by atoms with Crippen LogP contribution in [-0.4, -0.2) is 12.4 Å². The zero-order valence-electron chi connectivity index (χ0n) is 2.90. The third-order valence-corrected chi connectivity index (χ3v) is 0.352. The molecule has 0 bridgehead atoms. The van der Waals surface area contributed by atoms with E-state index < -0.39 is 0 Å². The van der Waals surface area contributed by atoms with Crippen molar-refractivity contribution >= 4 is 15.5 Å². The molecule has 1 unspecified atom stereocenters. The highest BCUT2D eigenvalue weighted by Gasteiger charge is 1.43. The minimum absolute atomic E-state index is 0.726. The maximum atomic E-state index is 4.17. The van der Waals surface area contributed by atoms with Gasteiger partial charge in [-0.15, -0.1) is 0 Å². The molecular weight excluding hydrogens is 83.0 g/mol. The molecule has 0 aliphatic rings. The van der Waals surface area contributed by atoms with E-state index in [1.807, 2.05) is 0 Å². The Labute approximate surface area is 34.3 Å². The van der Waals surface area contributed by atoms with E-state index in [0.717, 1.165) is 6.16 Å². The molecule has 1 atom stereocenters. The van der Waals surface area contributed by atoms with Crippen LogP contribution in [0.25, 0.3) is 0 Å². The first kappa shape index (κ1) is 4.97. The van der Waals surface area contributed by atoms with Gasteiger partial charge in [0.15, 0.2) is 0 Å². The highest BCUT2D eigenvalue weighted by molar-refractivity contribution is 7.17. The van der Waals surface area contributed by atoms with Gasteiger partial charge in [0.2, 0.25) is 0 Å². The Kier molecular flexibility index (Phi) is 3.95. The van der Waals surface area contributed by atoms with Crippen LogP contribution in [0, 0.1) is 7.11 Å². The Morgan fingerprint density at radius 3 is 2.60 bits per heavy atom. The number of hydrogen-bond donors (Lipinski definition) is 0. The van der Waals surface area contributed by atoms with Gasteiger partial charge >= 0.3 is 0 Å². The lowest BCUT2D eigenvalue weighted by atomic mass is 10.9. The average molecular weight is 89.1 g/mol. The molecule has 1 nitrogen and oxygen atoms in total. The third kappa shape index (κ3) is 3.97. The van der Waals surface area contributed by atoms with Crippen molar-refractivity contribution in [2.75, 3.05) is 6.16 Å². The molecular formula is C3H6OP-. The van der Waals surface area contributed by atoms with Crippen molar-refractivity contribution in [2.24, 2.45) is 0 Å². The second-order valence-electron chi connectivity index (χ2n) is 0.493. The summed E-state index contributed by atoms with van der Waals surface area (Å²) in [6, 6.07) is 0. The summed E-state index contributed by atoms with van der Waals surface area (Å²) in [5.41, 5.74) is 0. The van der Waals surface area contributed by atoms with Crippen molar-refractivity contribution in [3.8, 4) is 0 Å². The zero-order chi connectivity index (χ0) is 4.12. The second kappa shape index (κ2) is 3.97. The summed E-state index contributed by atoms with van der Waals surface area (Å²) in [6.07, 6.45) is 3.19. The van der Waals surface area contributed by atoms with Crippen molar-refractivity contribution in [1.29, 1.82) is 0 Å². The normalized spacial score (nSPS) is 9.80. The first-order chi connectivity index (χ1) is 2.41. The van der Waals surface area contributed by atoms with Crippen LogP contribution in [0.3, 0.4) is 0 Å². The molecule has 0 rings (SSSR count). The summed E-state index contributed by atoms with van der Waals surface area (Å²) < 4.78 is 4.17. The highest BCUT2D eigenvalue weighted by Crippen LogP contribution is 1.68. The Morgan fingerprint density at radius 2 is 2.60 bits per heavy atom. The van der Waals surface area contributed by atoms with Crippen molar-refractivity contribution in [1.82, 2.24) is 0 Å². The van der Waals surface area contributed by atoms with Gasteiger partial charge in [0, 0.05) is 0 Å². The third-order valence-electron chi connectivity index (χ3n) is 0.185. The summed E-state index contributed by atoms with van der Waals surface area (Å²) >= 11 is 0. The SMILES string of the molecule is [CH2-][O+]=[C-]CP. The van der Waals surface area contributed by atoms with Crippen LogP contribution in [0.15, 0.2) is 0 Å². The first-order valence-electron chi connectivity index (χ1n) is 1.25. The Hall–Kier alpha value is -0.0300. The van der Waals surface area contributed by atoms with E-state index in [-0.39, 0.29) is 0 Å². The lowest BCUT2D eigenvalue weighted by molar-refractivity contribution is 0.239. The van der Waals surface area contributed by atoms with Gasteiger partial charge in [-0.3, -0.25) is 0 Å². The summed E-state index contributed by atoms with van der Waals surface area (Å²) in [6.45, 7) is 0. The summed E-state index contributed by atoms with van der Waals surface area (Å²) in [5.74, 6) is 0. The van der Waals surface area contributed by atoms with Gasteiger partial charge < -0.3 is 4.42 Å². The number of rotatable bonds is 1. The van der Waals surface area contributed by atoms with Crippen molar-refractivity contribution in [3.63, 3.8) is 0 Å². The minimum Gasteiger partial charge on any atom is -0.587 e. The molecule has 2 heteroatoms. The standard InChI is InChI=1S/C3H6OP/c1-4-2-3-5/h1,3,5H2/q-1. The van der Waals surface area contributed by atoms with Crippen LogP contribution in [0.4, 0.5) is 0 Å². The lowest BCUT2D eigenvalue weighted by Gasteiger charge is -1.78. The zero-order valence-corrected chi connectivity index (χ0v) is 4.05. The molecule has 0 aliphatic carbocycles. The number of carbonyl (C=O) groups excluding carboxylic acids is 1. The van der Waals surface area contributed by atoms with Gasteiger partial charge in [-0.2, -0.15) is 9.24 Å². The molecule has 0 aromatic carbocycles. The maximum Gasteiger partial charge on any atom is -0.0423 e. The van der Waals surface area contributed by atoms with Crippen LogP contribution in [0.5, 0.6) is 0 Å². The van der Waals surface area contributed by atoms with E-state index in [0.29, 0.717) is 0 Å². The fraction of sp³-hybridized carbons (Fsp3) is 0.333. The number of hydrogen-bond acceptors (Lipinski definition) is 0. The van der Waals surface area contributed by atoms with Crippen LogP contribution in [0.1, 0.15) is 0 Å². The maximum absolute atomic E-state index is 4.17. The molecule has 0 amide bonds. The Bertz CT molecular complexity index is 33.9. The van der Waals surface area contributed by atoms with E-state index in [1.54, 1.807) is 0 Å². The van der Waals surface area contributed by atoms with E-state index in [2.05, 4.69) is 27.1 Å². The van der Waals surface area contributed by atoms with Crippen molar-refractivity contribution in [2.45, 2.75) is 0 Å². The average Bonchev–Trinajstić information content (AvgIpc) is 1.41. The molecule has 0 heterocycles. The predicted molar refractivity (Wildman–Crippen MR) is 25.6 cm³/mol. The molecule has 5 heavy (non-hydrogen) atoms. The van der Waals surface area contributed by atoms with E-state index in [1.165, 1.54) is 0 Å². The van der Waals surface area contributed by atoms with Crippen molar-refractivity contribution < 1.29 is 4.42 Å². The van der Waals surface area contributed by atoms with E-state index in [9.17, 15) is 0 Å². The minimum atomic E-state index is 0.726. The summed E-state index contributed by atoms with van der Waals surface area (Å²) in [4.78, 5) is 0. The first-order valence-corrected chi connectivity index (χ1v) is 2.07. The largest absolute Gasteiger partial charge is 0.587 e.